The molecule has 0 bridgehead atoms. The molecule has 0 amide bonds. The molecule has 1 aromatic heterocycles. The van der Waals surface area contributed by atoms with E-state index in [-0.39, 0.29) is 11.1 Å². The molecule has 0 atom stereocenters. The van der Waals surface area contributed by atoms with Gasteiger partial charge in [0, 0.05) is 17.2 Å². The van der Waals surface area contributed by atoms with Crippen LogP contribution in [0.5, 0.6) is 0 Å². The lowest BCUT2D eigenvalue weighted by atomic mass is 10.1. The second-order valence-electron chi connectivity index (χ2n) is 4.26. The van der Waals surface area contributed by atoms with Crippen LogP contribution in [0.2, 0.25) is 0 Å². The number of alkyl halides is 8. The summed E-state index contributed by atoms with van der Waals surface area (Å²) in [4.78, 5) is 0. The van der Waals surface area contributed by atoms with Gasteiger partial charge >= 0.3 is 18.3 Å². The second kappa shape index (κ2) is 5.76. The highest BCUT2D eigenvalue weighted by Gasteiger charge is 2.64. The second-order valence-corrected chi connectivity index (χ2v) is 6.74. The van der Waals surface area contributed by atoms with E-state index in [9.17, 15) is 43.5 Å². The highest BCUT2D eigenvalue weighted by molar-refractivity contribution is 8.13. The van der Waals surface area contributed by atoms with Crippen molar-refractivity contribution in [3.8, 4) is 0 Å². The van der Waals surface area contributed by atoms with Crippen LogP contribution in [0.3, 0.4) is 0 Å². The molecule has 0 unspecified atom stereocenters. The molecular formula is C9H7ClF8N2O2S. The lowest BCUT2D eigenvalue weighted by Gasteiger charge is -2.19. The van der Waals surface area contributed by atoms with E-state index in [1.54, 1.807) is 0 Å². The van der Waals surface area contributed by atoms with Crippen molar-refractivity contribution in [1.29, 1.82) is 0 Å². The molecule has 1 aromatic rings. The van der Waals surface area contributed by atoms with E-state index in [4.69, 9.17) is 10.7 Å². The van der Waals surface area contributed by atoms with Crippen LogP contribution in [-0.4, -0.2) is 24.4 Å². The molecule has 0 aromatic carbocycles. The normalized spacial score (nSPS) is 14.3. The van der Waals surface area contributed by atoms with Gasteiger partial charge in [-0.05, 0) is 6.42 Å². The average molecular weight is 395 g/mol. The molecule has 1 rings (SSSR count). The predicted molar refractivity (Wildman–Crippen MR) is 60.5 cm³/mol. The van der Waals surface area contributed by atoms with Gasteiger partial charge in [0.05, 0.1) is 0 Å². The number of halogens is 9. The number of hydrogen-bond donors (Lipinski definition) is 0. The van der Waals surface area contributed by atoms with Crippen LogP contribution >= 0.6 is 10.7 Å². The summed E-state index contributed by atoms with van der Waals surface area (Å²) in [5.74, 6) is -6.02. The van der Waals surface area contributed by atoms with Crippen molar-refractivity contribution in [2.24, 2.45) is 0 Å². The van der Waals surface area contributed by atoms with Crippen LogP contribution in [0.1, 0.15) is 24.6 Å². The summed E-state index contributed by atoms with van der Waals surface area (Å²) < 4.78 is 125. The first kappa shape index (κ1) is 19.9. The Morgan fingerprint density at radius 3 is 1.87 bits per heavy atom. The summed E-state index contributed by atoms with van der Waals surface area (Å²) in [6.45, 7) is 0.638. The van der Waals surface area contributed by atoms with Gasteiger partial charge in [0.2, 0.25) is 0 Å². The highest BCUT2D eigenvalue weighted by atomic mass is 35.7. The van der Waals surface area contributed by atoms with Crippen molar-refractivity contribution in [2.75, 3.05) is 0 Å². The van der Waals surface area contributed by atoms with Crippen molar-refractivity contribution in [2.45, 2.75) is 43.2 Å². The molecule has 0 saturated carbocycles. The monoisotopic (exact) mass is 394 g/mol. The number of rotatable bonds is 4. The Labute approximate surface area is 128 Å². The fraction of sp³-hybridized carbons (Fsp3) is 0.667. The van der Waals surface area contributed by atoms with Gasteiger partial charge in [-0.15, -0.1) is 0 Å². The molecule has 0 aliphatic rings. The molecule has 0 aliphatic heterocycles. The molecular weight excluding hydrogens is 388 g/mol. The van der Waals surface area contributed by atoms with Gasteiger partial charge in [0.1, 0.15) is 5.56 Å². The van der Waals surface area contributed by atoms with Crippen LogP contribution < -0.4 is 0 Å². The molecule has 23 heavy (non-hydrogen) atoms. The van der Waals surface area contributed by atoms with Crippen LogP contribution in [0, 0.1) is 0 Å². The smallest absolute Gasteiger partial charge is 0.252 e. The quantitative estimate of drug-likeness (QED) is 0.575. The van der Waals surface area contributed by atoms with Crippen molar-refractivity contribution >= 4 is 19.7 Å². The van der Waals surface area contributed by atoms with Crippen molar-refractivity contribution in [3.63, 3.8) is 0 Å². The molecule has 0 saturated heterocycles. The maximum atomic E-state index is 13.3. The lowest BCUT2D eigenvalue weighted by Crippen LogP contribution is -2.36. The van der Waals surface area contributed by atoms with Gasteiger partial charge in [-0.1, -0.05) is 6.92 Å². The number of aromatic nitrogens is 2. The Bertz CT molecular complexity index is 692. The van der Waals surface area contributed by atoms with Gasteiger partial charge in [-0.3, -0.25) is 4.68 Å². The summed E-state index contributed by atoms with van der Waals surface area (Å²) in [6.07, 6.45) is -12.4. The third-order valence-electron chi connectivity index (χ3n) is 2.51. The van der Waals surface area contributed by atoms with Gasteiger partial charge in [-0.2, -0.15) is 40.2 Å². The SMILES string of the molecule is CCCn1nc(C(F)(F)C(F)(F)F)c(C(F)(F)F)c1S(=O)(=O)Cl. The van der Waals surface area contributed by atoms with E-state index >= 15 is 0 Å². The van der Waals surface area contributed by atoms with E-state index in [0.717, 1.165) is 0 Å². The van der Waals surface area contributed by atoms with Gasteiger partial charge in [0.15, 0.2) is 10.7 Å². The molecule has 0 N–H and O–H groups in total. The first-order chi connectivity index (χ1) is 10.0. The van der Waals surface area contributed by atoms with E-state index in [1.807, 2.05) is 0 Å². The minimum absolute atomic E-state index is 0.102. The van der Waals surface area contributed by atoms with Gasteiger partial charge in [-0.25, -0.2) is 8.42 Å². The first-order valence-electron chi connectivity index (χ1n) is 5.62. The summed E-state index contributed by atoms with van der Waals surface area (Å²) in [5.41, 5.74) is -5.49. The number of nitrogens with zero attached hydrogens (tertiary/aromatic N) is 2. The molecule has 0 radical (unpaired) electrons. The fourth-order valence-electron chi connectivity index (χ4n) is 1.67. The summed E-state index contributed by atoms with van der Waals surface area (Å²) in [6, 6.07) is 0. The Hall–Kier alpha value is -1.11. The largest absolute Gasteiger partial charge is 0.459 e. The topological polar surface area (TPSA) is 52.0 Å². The number of aryl methyl sites for hydroxylation is 1. The fourth-order valence-corrected chi connectivity index (χ4v) is 2.98. The van der Waals surface area contributed by atoms with E-state index < -0.39 is 50.2 Å². The van der Waals surface area contributed by atoms with Crippen molar-refractivity contribution in [3.05, 3.63) is 11.3 Å². The maximum absolute atomic E-state index is 13.3. The summed E-state index contributed by atoms with van der Waals surface area (Å²) in [7, 11) is -0.529. The molecule has 0 fully saturated rings. The van der Waals surface area contributed by atoms with Crippen LogP contribution in [0.4, 0.5) is 35.1 Å². The van der Waals surface area contributed by atoms with E-state index in [1.165, 1.54) is 6.92 Å². The van der Waals surface area contributed by atoms with Crippen molar-refractivity contribution in [1.82, 2.24) is 9.78 Å². The standard InChI is InChI=1S/C9H7ClF8N2O2S/c1-2-3-20-6(23(10,21)22)4(8(13,14)15)5(19-20)7(11,12)9(16,17)18/h2-3H2,1H3. The zero-order chi connectivity index (χ0) is 18.4. The van der Waals surface area contributed by atoms with Crippen LogP contribution in [-0.2, 0) is 27.7 Å². The highest BCUT2D eigenvalue weighted by Crippen LogP contribution is 2.49. The van der Waals surface area contributed by atoms with Crippen molar-refractivity contribution < 1.29 is 43.5 Å². The zero-order valence-corrected chi connectivity index (χ0v) is 12.5. The summed E-state index contributed by atoms with van der Waals surface area (Å²) >= 11 is 0. The first-order valence-corrected chi connectivity index (χ1v) is 7.93. The third-order valence-corrected chi connectivity index (χ3v) is 3.82. The molecule has 0 spiro atoms. The van der Waals surface area contributed by atoms with E-state index in [2.05, 4.69) is 5.10 Å². The maximum Gasteiger partial charge on any atom is 0.459 e. The Kier molecular flexibility index (Phi) is 4.99. The summed E-state index contributed by atoms with van der Waals surface area (Å²) in [5, 5.41) is 0.583. The molecule has 0 aliphatic carbocycles. The van der Waals surface area contributed by atoms with E-state index in [0.29, 0.717) is 0 Å². The minimum atomic E-state index is -6.41. The van der Waals surface area contributed by atoms with Crippen LogP contribution in [0.25, 0.3) is 0 Å². The Balaban J connectivity index is 3.94. The third kappa shape index (κ3) is 3.70. The molecule has 1 heterocycles. The molecule has 14 heteroatoms. The lowest BCUT2D eigenvalue weighted by molar-refractivity contribution is -0.292. The zero-order valence-electron chi connectivity index (χ0n) is 10.9. The molecule has 4 nitrogen and oxygen atoms in total. The molecule has 134 valence electrons. The predicted octanol–water partition coefficient (Wildman–Crippen LogP) is 3.89. The minimum Gasteiger partial charge on any atom is -0.252 e. The van der Waals surface area contributed by atoms with Crippen LogP contribution in [0.15, 0.2) is 5.03 Å². The average Bonchev–Trinajstić information content (AvgIpc) is 2.67. The number of hydrogen-bond acceptors (Lipinski definition) is 3. The Morgan fingerprint density at radius 1 is 1.09 bits per heavy atom. The Morgan fingerprint density at radius 2 is 1.57 bits per heavy atom. The van der Waals surface area contributed by atoms with Gasteiger partial charge in [0.25, 0.3) is 9.05 Å². The van der Waals surface area contributed by atoms with Gasteiger partial charge < -0.3 is 0 Å².